The van der Waals surface area contributed by atoms with E-state index in [0.29, 0.717) is 11.4 Å². The molecule has 5 heteroatoms. The Hall–Kier alpha value is -1.23. The van der Waals surface area contributed by atoms with Crippen molar-refractivity contribution < 1.29 is 14.6 Å². The first-order valence-corrected chi connectivity index (χ1v) is 5.16. The summed E-state index contributed by atoms with van der Waals surface area (Å²) in [6.45, 7) is 1.58. The Kier molecular flexibility index (Phi) is 3.96. The molecular formula is C10H12BrNO3. The number of hydrogen-bond acceptors (Lipinski definition) is 3. The fourth-order valence-corrected chi connectivity index (χ4v) is 1.47. The van der Waals surface area contributed by atoms with Crippen LogP contribution in [0.2, 0.25) is 0 Å². The predicted molar refractivity (Wildman–Crippen MR) is 61.4 cm³/mol. The zero-order valence-corrected chi connectivity index (χ0v) is 10.0. The van der Waals surface area contributed by atoms with Crippen molar-refractivity contribution in [2.45, 2.75) is 13.0 Å². The molecule has 82 valence electrons. The molecule has 0 fully saturated rings. The Morgan fingerprint density at radius 3 is 2.80 bits per heavy atom. The van der Waals surface area contributed by atoms with Crippen LogP contribution >= 0.6 is 15.9 Å². The van der Waals surface area contributed by atoms with Crippen molar-refractivity contribution in [2.24, 2.45) is 0 Å². The average Bonchev–Trinajstić information content (AvgIpc) is 2.20. The first-order chi connectivity index (χ1) is 7.04. The van der Waals surface area contributed by atoms with E-state index in [9.17, 15) is 4.79 Å². The van der Waals surface area contributed by atoms with E-state index in [-0.39, 0.29) is 0 Å². The monoisotopic (exact) mass is 273 g/mol. The lowest BCUT2D eigenvalue weighted by Crippen LogP contribution is -2.25. The van der Waals surface area contributed by atoms with Crippen molar-refractivity contribution in [1.82, 2.24) is 0 Å². The number of nitrogens with one attached hydrogen (secondary N) is 1. The van der Waals surface area contributed by atoms with Crippen LogP contribution in [0.4, 0.5) is 5.69 Å². The Balaban J connectivity index is 2.83. The van der Waals surface area contributed by atoms with Gasteiger partial charge in [-0.25, -0.2) is 0 Å². The molecule has 1 atom stereocenters. The van der Waals surface area contributed by atoms with E-state index in [1.165, 1.54) is 0 Å². The highest BCUT2D eigenvalue weighted by Crippen LogP contribution is 2.27. The Bertz CT molecular complexity index is 368. The molecule has 0 amide bonds. The smallest absolute Gasteiger partial charge is 0.325 e. The first kappa shape index (κ1) is 11.8. The summed E-state index contributed by atoms with van der Waals surface area (Å²) in [5.41, 5.74) is 0.713. The van der Waals surface area contributed by atoms with E-state index in [0.717, 1.165) is 4.47 Å². The Labute approximate surface area is 96.4 Å². The molecule has 0 aromatic heterocycles. The van der Waals surface area contributed by atoms with Crippen LogP contribution in [0.1, 0.15) is 6.92 Å². The van der Waals surface area contributed by atoms with Gasteiger partial charge in [-0.3, -0.25) is 4.79 Å². The van der Waals surface area contributed by atoms with Gasteiger partial charge >= 0.3 is 5.97 Å². The lowest BCUT2D eigenvalue weighted by atomic mass is 10.2. The normalized spacial score (nSPS) is 11.9. The van der Waals surface area contributed by atoms with Crippen LogP contribution in [0.25, 0.3) is 0 Å². The summed E-state index contributed by atoms with van der Waals surface area (Å²) >= 11 is 3.32. The lowest BCUT2D eigenvalue weighted by Gasteiger charge is -2.12. The van der Waals surface area contributed by atoms with Gasteiger partial charge < -0.3 is 15.2 Å². The second-order valence-electron chi connectivity index (χ2n) is 3.05. The topological polar surface area (TPSA) is 58.6 Å². The molecule has 2 N–H and O–H groups in total. The zero-order valence-electron chi connectivity index (χ0n) is 8.45. The maximum Gasteiger partial charge on any atom is 0.325 e. The number of rotatable bonds is 4. The van der Waals surface area contributed by atoms with Crippen LogP contribution < -0.4 is 10.1 Å². The fraction of sp³-hybridized carbons (Fsp3) is 0.300. The van der Waals surface area contributed by atoms with Crippen LogP contribution in [-0.4, -0.2) is 24.2 Å². The van der Waals surface area contributed by atoms with E-state index in [1.54, 1.807) is 32.2 Å². The number of aliphatic carboxylic acids is 1. The van der Waals surface area contributed by atoms with E-state index in [1.807, 2.05) is 0 Å². The predicted octanol–water partition coefficient (Wildman–Crippen LogP) is 2.34. The number of anilines is 1. The summed E-state index contributed by atoms with van der Waals surface area (Å²) in [5.74, 6) is -0.227. The van der Waals surface area contributed by atoms with Crippen molar-refractivity contribution in [2.75, 3.05) is 12.4 Å². The summed E-state index contributed by atoms with van der Waals surface area (Å²) < 4.78 is 5.93. The SMILES string of the molecule is COc1cc(NC(C)C(=O)O)ccc1Br. The third-order valence-corrected chi connectivity index (χ3v) is 2.56. The van der Waals surface area contributed by atoms with Crippen molar-refractivity contribution in [3.63, 3.8) is 0 Å². The number of benzene rings is 1. The van der Waals surface area contributed by atoms with Crippen LogP contribution in [0, 0.1) is 0 Å². The minimum Gasteiger partial charge on any atom is -0.495 e. The number of ether oxygens (including phenoxy) is 1. The highest BCUT2D eigenvalue weighted by atomic mass is 79.9. The fourth-order valence-electron chi connectivity index (χ4n) is 1.06. The Morgan fingerprint density at radius 1 is 1.60 bits per heavy atom. The molecule has 0 aliphatic heterocycles. The summed E-state index contributed by atoms with van der Waals surface area (Å²) in [7, 11) is 1.56. The van der Waals surface area contributed by atoms with Gasteiger partial charge in [-0.2, -0.15) is 0 Å². The number of carbonyl (C=O) groups is 1. The third-order valence-electron chi connectivity index (χ3n) is 1.90. The molecule has 0 spiro atoms. The summed E-state index contributed by atoms with van der Waals surface area (Å²) in [4.78, 5) is 10.6. The van der Waals surface area contributed by atoms with E-state index >= 15 is 0 Å². The third kappa shape index (κ3) is 3.13. The van der Waals surface area contributed by atoms with Crippen LogP contribution in [-0.2, 0) is 4.79 Å². The molecule has 0 saturated heterocycles. The molecule has 0 bridgehead atoms. The van der Waals surface area contributed by atoms with Crippen molar-refractivity contribution in [3.05, 3.63) is 22.7 Å². The molecule has 1 rings (SSSR count). The molecule has 0 heterocycles. The highest BCUT2D eigenvalue weighted by molar-refractivity contribution is 9.10. The molecule has 0 radical (unpaired) electrons. The van der Waals surface area contributed by atoms with Crippen molar-refractivity contribution in [1.29, 1.82) is 0 Å². The van der Waals surface area contributed by atoms with Gasteiger partial charge in [0, 0.05) is 11.8 Å². The molecule has 1 unspecified atom stereocenters. The maximum atomic E-state index is 10.6. The minimum absolute atomic E-state index is 0.629. The molecule has 15 heavy (non-hydrogen) atoms. The number of hydrogen-bond donors (Lipinski definition) is 2. The molecule has 4 nitrogen and oxygen atoms in total. The van der Waals surface area contributed by atoms with Gasteiger partial charge in [-0.15, -0.1) is 0 Å². The maximum absolute atomic E-state index is 10.6. The summed E-state index contributed by atoms with van der Waals surface area (Å²) in [6.07, 6.45) is 0. The number of carboxylic acids is 1. The highest BCUT2D eigenvalue weighted by Gasteiger charge is 2.10. The lowest BCUT2D eigenvalue weighted by molar-refractivity contribution is -0.137. The molecular weight excluding hydrogens is 262 g/mol. The molecule has 0 aliphatic carbocycles. The standard InChI is InChI=1S/C10H12BrNO3/c1-6(10(13)14)12-7-3-4-8(11)9(5-7)15-2/h3-6,12H,1-2H3,(H,13,14). The minimum atomic E-state index is -0.892. The van der Waals surface area contributed by atoms with Gasteiger partial charge in [-0.1, -0.05) is 0 Å². The van der Waals surface area contributed by atoms with Gasteiger partial charge in [0.05, 0.1) is 11.6 Å². The zero-order chi connectivity index (χ0) is 11.4. The Morgan fingerprint density at radius 2 is 2.27 bits per heavy atom. The molecule has 1 aromatic rings. The van der Waals surface area contributed by atoms with Crippen LogP contribution in [0.5, 0.6) is 5.75 Å². The van der Waals surface area contributed by atoms with Gasteiger partial charge in [0.2, 0.25) is 0 Å². The number of halogens is 1. The van der Waals surface area contributed by atoms with Gasteiger partial charge in [0.1, 0.15) is 11.8 Å². The van der Waals surface area contributed by atoms with Gasteiger partial charge in [-0.05, 0) is 35.0 Å². The van der Waals surface area contributed by atoms with Crippen molar-refractivity contribution in [3.8, 4) is 5.75 Å². The second-order valence-corrected chi connectivity index (χ2v) is 3.91. The largest absolute Gasteiger partial charge is 0.495 e. The van der Waals surface area contributed by atoms with Crippen LogP contribution in [0.15, 0.2) is 22.7 Å². The second kappa shape index (κ2) is 5.02. The van der Waals surface area contributed by atoms with Gasteiger partial charge in [0.25, 0.3) is 0 Å². The van der Waals surface area contributed by atoms with Crippen molar-refractivity contribution >= 4 is 27.6 Å². The van der Waals surface area contributed by atoms with Gasteiger partial charge in [0.15, 0.2) is 0 Å². The molecule has 0 aliphatic rings. The number of carboxylic acid groups (broad SMARTS) is 1. The van der Waals surface area contributed by atoms with E-state index < -0.39 is 12.0 Å². The summed E-state index contributed by atoms with van der Waals surface area (Å²) in [6, 6.07) is 4.70. The molecule has 1 aromatic carbocycles. The van der Waals surface area contributed by atoms with E-state index in [2.05, 4.69) is 21.2 Å². The average molecular weight is 274 g/mol. The van der Waals surface area contributed by atoms with Crippen LogP contribution in [0.3, 0.4) is 0 Å². The molecule has 0 saturated carbocycles. The summed E-state index contributed by atoms with van der Waals surface area (Å²) in [5, 5.41) is 11.6. The first-order valence-electron chi connectivity index (χ1n) is 4.37. The van der Waals surface area contributed by atoms with E-state index in [4.69, 9.17) is 9.84 Å². The quantitative estimate of drug-likeness (QED) is 0.884. The number of methoxy groups -OCH3 is 1.